The van der Waals surface area contributed by atoms with Crippen LogP contribution in [0.1, 0.15) is 33.0 Å². The molecule has 2 amide bonds. The Morgan fingerprint density at radius 2 is 2.00 bits per heavy atom. The van der Waals surface area contributed by atoms with E-state index in [9.17, 15) is 29.1 Å². The Bertz CT molecular complexity index is 1530. The molecular formula is C22H26N10O9S3. The van der Waals surface area contributed by atoms with Gasteiger partial charge in [-0.05, 0) is 36.8 Å². The quantitative estimate of drug-likeness (QED) is 0.0666. The molecule has 2 atom stereocenters. The second kappa shape index (κ2) is 13.5. The highest BCUT2D eigenvalue weighted by Gasteiger charge is 2.54. The van der Waals surface area contributed by atoms with Gasteiger partial charge in [-0.15, -0.1) is 16.9 Å². The van der Waals surface area contributed by atoms with Gasteiger partial charge in [-0.1, -0.05) is 16.9 Å². The Hall–Kier alpha value is -4.31. The molecule has 44 heavy (non-hydrogen) atoms. The zero-order valence-electron chi connectivity index (χ0n) is 23.3. The van der Waals surface area contributed by atoms with Crippen molar-refractivity contribution in [2.45, 2.75) is 55.9 Å². The summed E-state index contributed by atoms with van der Waals surface area (Å²) < 4.78 is 10.4. The maximum Gasteiger partial charge on any atom is 0.352 e. The molecule has 0 radical (unpaired) electrons. The molecule has 4 rings (SSSR count). The van der Waals surface area contributed by atoms with Gasteiger partial charge in [-0.2, -0.15) is 9.36 Å². The van der Waals surface area contributed by atoms with Crippen LogP contribution in [0.5, 0.6) is 0 Å². The normalized spacial score (nSPS) is 18.4. The molecule has 1 fully saturated rings. The third-order valence-corrected chi connectivity index (χ3v) is 8.50. The van der Waals surface area contributed by atoms with E-state index in [1.165, 1.54) is 16.4 Å². The van der Waals surface area contributed by atoms with E-state index in [-0.39, 0.29) is 46.3 Å². The zero-order chi connectivity index (χ0) is 32.2. The Balaban J connectivity index is 1.45. The molecule has 0 saturated carbocycles. The molecule has 4 heterocycles. The average molecular weight is 671 g/mol. The van der Waals surface area contributed by atoms with Gasteiger partial charge in [0, 0.05) is 23.0 Å². The molecule has 1 saturated heterocycles. The van der Waals surface area contributed by atoms with Crippen molar-refractivity contribution in [3.05, 3.63) is 17.1 Å². The van der Waals surface area contributed by atoms with Gasteiger partial charge in [0.2, 0.25) is 23.3 Å². The SMILES string of the molecule is CC(C)(C)OC(=O)CO/N=C(\C(=O)NC1C(=O)N2C(C(=O)O)=C(CSc3nnnn3CCC(=O)O)CS[C@H]12)c1nsc(N)n1. The Morgan fingerprint density at radius 1 is 1.25 bits per heavy atom. The molecule has 236 valence electrons. The molecule has 2 aromatic heterocycles. The van der Waals surface area contributed by atoms with Gasteiger partial charge < -0.3 is 30.8 Å². The molecule has 2 aliphatic heterocycles. The molecule has 19 nitrogen and oxygen atoms in total. The van der Waals surface area contributed by atoms with Crippen LogP contribution in [0.4, 0.5) is 5.13 Å². The van der Waals surface area contributed by atoms with Crippen molar-refractivity contribution in [1.82, 2.24) is 39.8 Å². The molecular weight excluding hydrogens is 645 g/mol. The Labute approximate surface area is 260 Å². The Morgan fingerprint density at radius 3 is 2.64 bits per heavy atom. The molecule has 0 aliphatic carbocycles. The highest BCUT2D eigenvalue weighted by molar-refractivity contribution is 8.01. The number of nitrogens with zero attached hydrogens (tertiary/aromatic N) is 8. The standard InChI is InChI=1S/C22H26N10O9S3/c1-22(2,3)41-11(35)6-40-27-12(15-25-20(23)44-28-15)16(36)24-13-17(37)32-14(19(38)39)9(7-42-18(13)32)8-43-21-26-29-30-31(21)5-4-10(33)34/h13,18H,4-8H2,1-3H3,(H,24,36)(H,33,34)(H,38,39)(H2,23,25,28)/b27-12-/t13?,18-/m1/s1. The first-order valence-corrected chi connectivity index (χ1v) is 15.4. The summed E-state index contributed by atoms with van der Waals surface area (Å²) in [6.07, 6.45) is -0.206. The lowest BCUT2D eigenvalue weighted by Gasteiger charge is -2.49. The highest BCUT2D eigenvalue weighted by atomic mass is 32.2. The smallest absolute Gasteiger partial charge is 0.352 e. The van der Waals surface area contributed by atoms with Gasteiger partial charge in [0.25, 0.3) is 11.8 Å². The Kier molecular flexibility index (Phi) is 10.0. The number of fused-ring (bicyclic) bond motifs is 1. The van der Waals surface area contributed by atoms with Crippen molar-refractivity contribution >= 4 is 75.6 Å². The van der Waals surface area contributed by atoms with Gasteiger partial charge >= 0.3 is 17.9 Å². The van der Waals surface area contributed by atoms with Crippen molar-refractivity contribution < 1.29 is 43.8 Å². The second-order valence-corrected chi connectivity index (χ2v) is 12.8. The molecule has 2 aliphatic rings. The predicted octanol–water partition coefficient (Wildman–Crippen LogP) is -0.825. The lowest BCUT2D eigenvalue weighted by Crippen LogP contribution is -2.71. The van der Waals surface area contributed by atoms with E-state index in [1.54, 1.807) is 20.8 Å². The van der Waals surface area contributed by atoms with E-state index in [0.717, 1.165) is 28.2 Å². The summed E-state index contributed by atoms with van der Waals surface area (Å²) in [6.45, 7) is 4.40. The zero-order valence-corrected chi connectivity index (χ0v) is 25.8. The van der Waals surface area contributed by atoms with Crippen LogP contribution in [0.2, 0.25) is 0 Å². The number of thioether (sulfide) groups is 2. The summed E-state index contributed by atoms with van der Waals surface area (Å²) in [5.41, 5.74) is 4.59. The summed E-state index contributed by atoms with van der Waals surface area (Å²) >= 11 is 3.11. The summed E-state index contributed by atoms with van der Waals surface area (Å²) in [7, 11) is 0. The third-order valence-electron chi connectivity index (χ3n) is 5.58. The fraction of sp³-hybridized carbons (Fsp3) is 0.500. The first kappa shape index (κ1) is 32.6. The largest absolute Gasteiger partial charge is 0.481 e. The number of ether oxygens (including phenoxy) is 1. The van der Waals surface area contributed by atoms with E-state index in [0.29, 0.717) is 5.57 Å². The van der Waals surface area contributed by atoms with Gasteiger partial charge in [0.05, 0.1) is 13.0 Å². The lowest BCUT2D eigenvalue weighted by molar-refractivity contribution is -0.160. The summed E-state index contributed by atoms with van der Waals surface area (Å²) in [6, 6.07) is -1.12. The molecule has 0 aromatic carbocycles. The highest BCUT2D eigenvalue weighted by Crippen LogP contribution is 2.41. The number of aromatic nitrogens is 6. The molecule has 0 spiro atoms. The number of oxime groups is 1. The van der Waals surface area contributed by atoms with E-state index in [2.05, 4.69) is 35.4 Å². The van der Waals surface area contributed by atoms with Crippen LogP contribution < -0.4 is 11.1 Å². The number of amides is 2. The molecule has 22 heteroatoms. The summed E-state index contributed by atoms with van der Waals surface area (Å²) in [4.78, 5) is 71.4. The third kappa shape index (κ3) is 7.79. The number of aliphatic carboxylic acids is 2. The van der Waals surface area contributed by atoms with Crippen LogP contribution in [0.15, 0.2) is 21.6 Å². The van der Waals surface area contributed by atoms with Crippen molar-refractivity contribution in [2.24, 2.45) is 5.16 Å². The minimum absolute atomic E-state index is 0.0265. The number of nitrogen functional groups attached to an aromatic ring is 1. The number of aryl methyl sites for hydroxylation is 1. The molecule has 1 unspecified atom stereocenters. The van der Waals surface area contributed by atoms with Gasteiger partial charge in [0.1, 0.15) is 22.7 Å². The minimum atomic E-state index is -1.34. The van der Waals surface area contributed by atoms with Crippen LogP contribution in [0.25, 0.3) is 0 Å². The van der Waals surface area contributed by atoms with Crippen LogP contribution in [0, 0.1) is 0 Å². The lowest BCUT2D eigenvalue weighted by atomic mass is 10.0. The number of nitrogens with two attached hydrogens (primary N) is 1. The minimum Gasteiger partial charge on any atom is -0.481 e. The predicted molar refractivity (Wildman–Crippen MR) is 153 cm³/mol. The summed E-state index contributed by atoms with van der Waals surface area (Å²) in [5.74, 6) is -4.59. The van der Waals surface area contributed by atoms with E-state index < -0.39 is 59.1 Å². The van der Waals surface area contributed by atoms with E-state index in [4.69, 9.17) is 20.4 Å². The first-order chi connectivity index (χ1) is 20.7. The number of β-lactam (4-membered cyclic amide) rings is 1. The topological polar surface area (TPSA) is 267 Å². The van der Waals surface area contributed by atoms with Crippen LogP contribution in [0.3, 0.4) is 0 Å². The fourth-order valence-corrected chi connectivity index (χ4v) is 6.66. The van der Waals surface area contributed by atoms with Gasteiger partial charge in [-0.25, -0.2) is 14.3 Å². The number of tetrazole rings is 1. The number of rotatable bonds is 13. The van der Waals surface area contributed by atoms with Crippen molar-refractivity contribution in [1.29, 1.82) is 0 Å². The average Bonchev–Trinajstić information content (AvgIpc) is 3.58. The van der Waals surface area contributed by atoms with Crippen molar-refractivity contribution in [3.63, 3.8) is 0 Å². The maximum atomic E-state index is 13.2. The second-order valence-electron chi connectivity index (χ2n) is 9.99. The maximum absolute atomic E-state index is 13.2. The molecule has 2 aromatic rings. The number of hydrogen-bond donors (Lipinski definition) is 4. The number of carbonyl (C=O) groups is 5. The molecule has 5 N–H and O–H groups in total. The number of carboxylic acid groups (broad SMARTS) is 2. The van der Waals surface area contributed by atoms with Crippen LogP contribution in [-0.4, -0.2) is 115 Å². The number of anilines is 1. The number of nitrogens with one attached hydrogen (secondary N) is 1. The number of carboxylic acids is 2. The number of hydrogen-bond acceptors (Lipinski definition) is 17. The fourth-order valence-electron chi connectivity index (χ4n) is 3.83. The van der Waals surface area contributed by atoms with Crippen molar-refractivity contribution in [2.75, 3.05) is 23.8 Å². The number of carbonyl (C=O) groups excluding carboxylic acids is 3. The summed E-state index contributed by atoms with van der Waals surface area (Å²) in [5, 5.41) is 35.8. The van der Waals surface area contributed by atoms with Crippen LogP contribution >= 0.6 is 35.1 Å². The van der Waals surface area contributed by atoms with E-state index >= 15 is 0 Å². The van der Waals surface area contributed by atoms with Crippen LogP contribution in [-0.2, 0) is 40.1 Å². The molecule has 0 bridgehead atoms. The van der Waals surface area contributed by atoms with E-state index in [1.807, 2.05) is 0 Å². The first-order valence-electron chi connectivity index (χ1n) is 12.6. The van der Waals surface area contributed by atoms with Gasteiger partial charge in [0.15, 0.2) is 5.13 Å². The van der Waals surface area contributed by atoms with Crippen molar-refractivity contribution in [3.8, 4) is 0 Å². The number of esters is 1. The monoisotopic (exact) mass is 670 g/mol. The van der Waals surface area contributed by atoms with Gasteiger partial charge in [-0.3, -0.25) is 19.3 Å².